The van der Waals surface area contributed by atoms with E-state index in [4.69, 9.17) is 37.7 Å². The zero-order valence-electron chi connectivity index (χ0n) is 12.0. The highest BCUT2D eigenvalue weighted by Crippen LogP contribution is 2.33. The van der Waals surface area contributed by atoms with E-state index in [1.807, 2.05) is 0 Å². The number of aliphatic hydroxyl groups excluding tert-OH is 1. The molecule has 0 saturated heterocycles. The van der Waals surface area contributed by atoms with Gasteiger partial charge in [-0.1, -0.05) is 23.7 Å². The Hall–Kier alpha value is -2.57. The van der Waals surface area contributed by atoms with E-state index in [1.54, 1.807) is 24.3 Å². The number of ether oxygens (including phenoxy) is 1. The third-order valence-electron chi connectivity index (χ3n) is 3.15. The average Bonchev–Trinajstić information content (AvgIpc) is 2.53. The molecular formula is C16H15ClN2O4. The van der Waals surface area contributed by atoms with E-state index in [0.717, 1.165) is 5.56 Å². The number of hydrogen-bond acceptors (Lipinski definition) is 5. The van der Waals surface area contributed by atoms with Crippen LogP contribution in [0.25, 0.3) is 11.1 Å². The van der Waals surface area contributed by atoms with E-state index in [2.05, 4.69) is 0 Å². The van der Waals surface area contributed by atoms with Gasteiger partial charge in [-0.25, -0.2) is 4.79 Å². The van der Waals surface area contributed by atoms with Crippen molar-refractivity contribution in [1.82, 2.24) is 0 Å². The molecule has 7 heteroatoms. The predicted molar refractivity (Wildman–Crippen MR) is 88.3 cm³/mol. The van der Waals surface area contributed by atoms with Crippen molar-refractivity contribution in [3.05, 3.63) is 47.0 Å². The molecule has 0 aliphatic rings. The number of aliphatic carboxylic acids is 1. The SMILES string of the molecule is N=C(C(=O)O)c1cc(-c2ccc(OCCO)cc2)c(Cl)cc1N. The van der Waals surface area contributed by atoms with Gasteiger partial charge in [0, 0.05) is 16.8 Å². The zero-order valence-corrected chi connectivity index (χ0v) is 12.8. The number of anilines is 1. The summed E-state index contributed by atoms with van der Waals surface area (Å²) in [4.78, 5) is 11.0. The molecule has 0 aliphatic carbocycles. The lowest BCUT2D eigenvalue weighted by molar-refractivity contribution is -0.129. The highest BCUT2D eigenvalue weighted by atomic mass is 35.5. The van der Waals surface area contributed by atoms with Crippen molar-refractivity contribution in [3.8, 4) is 16.9 Å². The predicted octanol–water partition coefficient (Wildman–Crippen LogP) is 2.41. The normalized spacial score (nSPS) is 10.3. The lowest BCUT2D eigenvalue weighted by Gasteiger charge is -2.11. The lowest BCUT2D eigenvalue weighted by Crippen LogP contribution is -2.15. The second-order valence-corrected chi connectivity index (χ2v) is 5.10. The van der Waals surface area contributed by atoms with Gasteiger partial charge in [-0.2, -0.15) is 0 Å². The number of carbonyl (C=O) groups is 1. The molecule has 6 nitrogen and oxygen atoms in total. The molecule has 5 N–H and O–H groups in total. The Morgan fingerprint density at radius 1 is 1.26 bits per heavy atom. The number of nitrogens with two attached hydrogens (primary N) is 1. The number of nitrogens with one attached hydrogen (secondary N) is 1. The first-order valence-corrected chi connectivity index (χ1v) is 7.07. The highest BCUT2D eigenvalue weighted by molar-refractivity contribution is 6.43. The van der Waals surface area contributed by atoms with Crippen LogP contribution < -0.4 is 10.5 Å². The van der Waals surface area contributed by atoms with Crippen molar-refractivity contribution in [3.63, 3.8) is 0 Å². The van der Waals surface area contributed by atoms with Crippen LogP contribution in [-0.4, -0.2) is 35.1 Å². The molecule has 0 spiro atoms. The molecule has 0 saturated carbocycles. The number of benzene rings is 2. The van der Waals surface area contributed by atoms with Crippen LogP contribution in [0.5, 0.6) is 5.75 Å². The van der Waals surface area contributed by atoms with Gasteiger partial charge < -0.3 is 20.7 Å². The number of halogens is 1. The van der Waals surface area contributed by atoms with Gasteiger partial charge in [0.15, 0.2) is 0 Å². The molecule has 0 fully saturated rings. The van der Waals surface area contributed by atoms with Gasteiger partial charge in [0.1, 0.15) is 18.1 Å². The molecule has 0 aliphatic heterocycles. The summed E-state index contributed by atoms with van der Waals surface area (Å²) in [6, 6.07) is 9.83. The molecule has 23 heavy (non-hydrogen) atoms. The van der Waals surface area contributed by atoms with E-state index in [-0.39, 0.29) is 24.5 Å². The maximum Gasteiger partial charge on any atom is 0.354 e. The van der Waals surface area contributed by atoms with Gasteiger partial charge in [0.25, 0.3) is 0 Å². The standard InChI is InChI=1S/C16H15ClN2O4/c17-13-8-14(18)12(15(19)16(21)22)7-11(13)9-1-3-10(4-2-9)23-6-5-20/h1-4,7-8,19-20H,5-6,18H2,(H,21,22). The maximum atomic E-state index is 11.0. The Morgan fingerprint density at radius 3 is 2.48 bits per heavy atom. The number of rotatable bonds is 6. The van der Waals surface area contributed by atoms with Crippen molar-refractivity contribution in [2.45, 2.75) is 0 Å². The first-order valence-electron chi connectivity index (χ1n) is 6.69. The molecule has 0 unspecified atom stereocenters. The van der Waals surface area contributed by atoms with Gasteiger partial charge in [-0.05, 0) is 29.8 Å². The van der Waals surface area contributed by atoms with Crippen molar-refractivity contribution in [1.29, 1.82) is 5.41 Å². The average molecular weight is 335 g/mol. The van der Waals surface area contributed by atoms with Crippen LogP contribution in [0.15, 0.2) is 36.4 Å². The van der Waals surface area contributed by atoms with Crippen molar-refractivity contribution in [2.24, 2.45) is 0 Å². The summed E-state index contributed by atoms with van der Waals surface area (Å²) in [6.07, 6.45) is 0. The fourth-order valence-corrected chi connectivity index (χ4v) is 2.32. The molecule has 120 valence electrons. The third kappa shape index (κ3) is 3.80. The van der Waals surface area contributed by atoms with Crippen LogP contribution in [0, 0.1) is 5.41 Å². The monoisotopic (exact) mass is 334 g/mol. The Balaban J connectivity index is 2.40. The fraction of sp³-hybridized carbons (Fsp3) is 0.125. The Bertz CT molecular complexity index is 744. The summed E-state index contributed by atoms with van der Waals surface area (Å²) in [5.41, 5.74) is 6.69. The second kappa shape index (κ2) is 7.13. The van der Waals surface area contributed by atoms with Gasteiger partial charge in [0.05, 0.1) is 11.6 Å². The molecule has 2 aromatic rings. The quantitative estimate of drug-likeness (QED) is 0.478. The van der Waals surface area contributed by atoms with E-state index in [9.17, 15) is 4.79 Å². The minimum absolute atomic E-state index is 0.0772. The number of hydrogen-bond donors (Lipinski definition) is 4. The van der Waals surface area contributed by atoms with Crippen LogP contribution in [0.4, 0.5) is 5.69 Å². The van der Waals surface area contributed by atoms with E-state index < -0.39 is 11.7 Å². The van der Waals surface area contributed by atoms with Crippen LogP contribution in [0.1, 0.15) is 5.56 Å². The second-order valence-electron chi connectivity index (χ2n) is 4.70. The van der Waals surface area contributed by atoms with Crippen molar-refractivity contribution in [2.75, 3.05) is 18.9 Å². The molecule has 2 rings (SSSR count). The zero-order chi connectivity index (χ0) is 17.0. The Morgan fingerprint density at radius 2 is 1.91 bits per heavy atom. The first-order chi connectivity index (χ1) is 10.9. The van der Waals surface area contributed by atoms with Crippen molar-refractivity contribution < 1.29 is 19.7 Å². The number of aliphatic hydroxyl groups is 1. The van der Waals surface area contributed by atoms with Gasteiger partial charge in [-0.15, -0.1) is 0 Å². The van der Waals surface area contributed by atoms with E-state index >= 15 is 0 Å². The summed E-state index contributed by atoms with van der Waals surface area (Å²) >= 11 is 6.18. The summed E-state index contributed by atoms with van der Waals surface area (Å²) < 4.78 is 5.27. The van der Waals surface area contributed by atoms with Crippen LogP contribution in [0.3, 0.4) is 0 Å². The summed E-state index contributed by atoms with van der Waals surface area (Å²) in [6.45, 7) is 0.119. The minimum atomic E-state index is -1.36. The fourth-order valence-electron chi connectivity index (χ4n) is 2.04. The molecular weight excluding hydrogens is 320 g/mol. The topological polar surface area (TPSA) is 117 Å². The minimum Gasteiger partial charge on any atom is -0.491 e. The summed E-state index contributed by atoms with van der Waals surface area (Å²) in [5.74, 6) is -0.773. The molecule has 0 amide bonds. The number of nitrogen functional groups attached to an aromatic ring is 1. The third-order valence-corrected chi connectivity index (χ3v) is 3.46. The lowest BCUT2D eigenvalue weighted by atomic mass is 9.99. The maximum absolute atomic E-state index is 11.0. The number of carboxylic acid groups (broad SMARTS) is 1. The molecule has 0 atom stereocenters. The highest BCUT2D eigenvalue weighted by Gasteiger charge is 2.16. The smallest absolute Gasteiger partial charge is 0.354 e. The van der Waals surface area contributed by atoms with Crippen LogP contribution in [-0.2, 0) is 4.79 Å². The largest absolute Gasteiger partial charge is 0.491 e. The molecule has 0 radical (unpaired) electrons. The van der Waals surface area contributed by atoms with Gasteiger partial charge in [-0.3, -0.25) is 5.41 Å². The molecule has 2 aromatic carbocycles. The molecule has 0 heterocycles. The molecule has 0 aromatic heterocycles. The van der Waals surface area contributed by atoms with Gasteiger partial charge >= 0.3 is 5.97 Å². The Labute approximate surface area is 137 Å². The summed E-state index contributed by atoms with van der Waals surface area (Å²) in [5, 5.41) is 25.6. The van der Waals surface area contributed by atoms with E-state index in [1.165, 1.54) is 12.1 Å². The van der Waals surface area contributed by atoms with Gasteiger partial charge in [0.2, 0.25) is 0 Å². The first kappa shape index (κ1) is 16.8. The van der Waals surface area contributed by atoms with Crippen LogP contribution >= 0.6 is 11.6 Å². The number of carboxylic acids is 1. The van der Waals surface area contributed by atoms with Crippen molar-refractivity contribution >= 4 is 29.0 Å². The Kier molecular flexibility index (Phi) is 5.20. The van der Waals surface area contributed by atoms with Crippen LogP contribution in [0.2, 0.25) is 5.02 Å². The molecule has 0 bridgehead atoms. The van der Waals surface area contributed by atoms with E-state index in [0.29, 0.717) is 16.3 Å². The summed E-state index contributed by atoms with van der Waals surface area (Å²) in [7, 11) is 0.